The van der Waals surface area contributed by atoms with Crippen LogP contribution < -0.4 is 20.1 Å². The summed E-state index contributed by atoms with van der Waals surface area (Å²) in [7, 11) is 1.63. The number of benzene rings is 2. The van der Waals surface area contributed by atoms with Crippen molar-refractivity contribution in [2.24, 2.45) is 0 Å². The van der Waals surface area contributed by atoms with Crippen molar-refractivity contribution in [2.45, 2.75) is 19.4 Å². The molecule has 1 heterocycles. The van der Waals surface area contributed by atoms with Gasteiger partial charge in [0.15, 0.2) is 0 Å². The smallest absolute Gasteiger partial charge is 0.319 e. The van der Waals surface area contributed by atoms with Crippen LogP contribution in [0.2, 0.25) is 5.02 Å². The summed E-state index contributed by atoms with van der Waals surface area (Å²) in [6.45, 7) is 2.35. The van der Waals surface area contributed by atoms with Crippen LogP contribution in [0.3, 0.4) is 0 Å². The number of aryl methyl sites for hydroxylation is 1. The molecule has 0 bridgehead atoms. The maximum absolute atomic E-state index is 12.2. The molecule has 0 spiro atoms. The van der Waals surface area contributed by atoms with Gasteiger partial charge in [-0.05, 0) is 54.8 Å². The number of amides is 2. The maximum atomic E-state index is 12.2. The number of carbonyl (C=O) groups excluding carboxylic acids is 1. The number of hydrogen-bond donors (Lipinski definition) is 2. The van der Waals surface area contributed by atoms with Crippen LogP contribution in [0.15, 0.2) is 36.4 Å². The predicted octanol–water partition coefficient (Wildman–Crippen LogP) is 3.78. The Labute approximate surface area is 145 Å². The number of methoxy groups -OCH3 is 1. The summed E-state index contributed by atoms with van der Waals surface area (Å²) in [6, 6.07) is 10.7. The van der Waals surface area contributed by atoms with E-state index in [9.17, 15) is 4.79 Å². The van der Waals surface area contributed by atoms with Crippen LogP contribution >= 0.6 is 11.6 Å². The second kappa shape index (κ2) is 7.01. The number of halogens is 1. The Morgan fingerprint density at radius 2 is 2.12 bits per heavy atom. The Kier molecular flexibility index (Phi) is 4.81. The zero-order chi connectivity index (χ0) is 17.1. The number of urea groups is 1. The van der Waals surface area contributed by atoms with Gasteiger partial charge in [-0.3, -0.25) is 0 Å². The molecular formula is C18H19ClN2O3. The van der Waals surface area contributed by atoms with E-state index in [0.717, 1.165) is 22.6 Å². The first-order valence-electron chi connectivity index (χ1n) is 7.68. The summed E-state index contributed by atoms with van der Waals surface area (Å²) in [5.41, 5.74) is 2.64. The third kappa shape index (κ3) is 3.74. The summed E-state index contributed by atoms with van der Waals surface area (Å²) in [6.07, 6.45) is 0.689. The van der Waals surface area contributed by atoms with E-state index in [0.29, 0.717) is 23.7 Å². The summed E-state index contributed by atoms with van der Waals surface area (Å²) in [5.74, 6) is 1.61. The Hall–Kier alpha value is -2.40. The van der Waals surface area contributed by atoms with Gasteiger partial charge in [0.25, 0.3) is 0 Å². The largest absolute Gasteiger partial charge is 0.497 e. The minimum Gasteiger partial charge on any atom is -0.497 e. The maximum Gasteiger partial charge on any atom is 0.319 e. The predicted molar refractivity (Wildman–Crippen MR) is 94.3 cm³/mol. The van der Waals surface area contributed by atoms with Gasteiger partial charge >= 0.3 is 6.03 Å². The van der Waals surface area contributed by atoms with Crippen molar-refractivity contribution in [2.75, 3.05) is 19.0 Å². The molecule has 3 rings (SSSR count). The molecule has 0 aliphatic carbocycles. The molecule has 0 radical (unpaired) electrons. The van der Waals surface area contributed by atoms with E-state index >= 15 is 0 Å². The highest BCUT2D eigenvalue weighted by Gasteiger charge is 2.22. The second-order valence-corrected chi connectivity index (χ2v) is 6.16. The molecule has 1 aliphatic heterocycles. The zero-order valence-corrected chi connectivity index (χ0v) is 14.3. The molecule has 2 aromatic carbocycles. The first kappa shape index (κ1) is 16.5. The molecule has 6 heteroatoms. The zero-order valence-electron chi connectivity index (χ0n) is 13.6. The lowest BCUT2D eigenvalue weighted by molar-refractivity contribution is 0.222. The van der Waals surface area contributed by atoms with Gasteiger partial charge in [0, 0.05) is 10.7 Å². The van der Waals surface area contributed by atoms with Crippen LogP contribution in [0, 0.1) is 6.92 Å². The van der Waals surface area contributed by atoms with E-state index in [2.05, 4.69) is 10.6 Å². The molecule has 0 fully saturated rings. The van der Waals surface area contributed by atoms with Crippen LogP contribution in [0.5, 0.6) is 11.5 Å². The number of fused-ring (bicyclic) bond motifs is 1. The summed E-state index contributed by atoms with van der Waals surface area (Å²) in [4.78, 5) is 12.2. The quantitative estimate of drug-likeness (QED) is 0.889. The fraction of sp³-hybridized carbons (Fsp3) is 0.278. The van der Waals surface area contributed by atoms with Crippen molar-refractivity contribution in [3.05, 3.63) is 52.5 Å². The number of rotatable bonds is 3. The van der Waals surface area contributed by atoms with Gasteiger partial charge < -0.3 is 20.1 Å². The van der Waals surface area contributed by atoms with Gasteiger partial charge in [-0.2, -0.15) is 0 Å². The Morgan fingerprint density at radius 1 is 1.29 bits per heavy atom. The molecule has 126 valence electrons. The molecule has 2 aromatic rings. The SMILES string of the molecule is COc1ccc2c(c1)C[C@H](NC(=O)Nc1ccc(C)c(Cl)c1)CO2. The van der Waals surface area contributed by atoms with Crippen LogP contribution in [-0.2, 0) is 6.42 Å². The van der Waals surface area contributed by atoms with Crippen LogP contribution in [0.4, 0.5) is 10.5 Å². The van der Waals surface area contributed by atoms with E-state index < -0.39 is 0 Å². The van der Waals surface area contributed by atoms with Crippen molar-refractivity contribution < 1.29 is 14.3 Å². The van der Waals surface area contributed by atoms with Gasteiger partial charge in [0.2, 0.25) is 0 Å². The lowest BCUT2D eigenvalue weighted by atomic mass is 10.0. The molecule has 0 saturated heterocycles. The standard InChI is InChI=1S/C18H19ClN2O3/c1-11-3-4-13(9-16(11)19)20-18(22)21-14-7-12-8-15(23-2)5-6-17(12)24-10-14/h3-6,8-9,14H,7,10H2,1-2H3,(H2,20,21,22)/t14-/m0/s1. The van der Waals surface area contributed by atoms with Crippen LogP contribution in [-0.4, -0.2) is 25.8 Å². The van der Waals surface area contributed by atoms with Gasteiger partial charge in [-0.25, -0.2) is 4.79 Å². The van der Waals surface area contributed by atoms with Crippen molar-refractivity contribution in [3.8, 4) is 11.5 Å². The van der Waals surface area contributed by atoms with Crippen molar-refractivity contribution in [3.63, 3.8) is 0 Å². The molecule has 5 nitrogen and oxygen atoms in total. The average Bonchev–Trinajstić information content (AvgIpc) is 2.57. The highest BCUT2D eigenvalue weighted by molar-refractivity contribution is 6.31. The summed E-state index contributed by atoms with van der Waals surface area (Å²) >= 11 is 6.07. The van der Waals surface area contributed by atoms with E-state index in [4.69, 9.17) is 21.1 Å². The minimum absolute atomic E-state index is 0.106. The minimum atomic E-state index is -0.283. The molecule has 24 heavy (non-hydrogen) atoms. The van der Waals surface area contributed by atoms with Crippen LogP contribution in [0.25, 0.3) is 0 Å². The second-order valence-electron chi connectivity index (χ2n) is 5.75. The molecular weight excluding hydrogens is 328 g/mol. The molecule has 1 aliphatic rings. The molecule has 2 N–H and O–H groups in total. The summed E-state index contributed by atoms with van der Waals surface area (Å²) in [5, 5.41) is 6.33. The van der Waals surface area contributed by atoms with Gasteiger partial charge in [-0.15, -0.1) is 0 Å². The topological polar surface area (TPSA) is 59.6 Å². The van der Waals surface area contributed by atoms with Crippen molar-refractivity contribution >= 4 is 23.3 Å². The highest BCUT2D eigenvalue weighted by Crippen LogP contribution is 2.28. The monoisotopic (exact) mass is 346 g/mol. The number of anilines is 1. The molecule has 0 unspecified atom stereocenters. The number of nitrogens with one attached hydrogen (secondary N) is 2. The fourth-order valence-electron chi connectivity index (χ4n) is 2.61. The normalized spacial score (nSPS) is 15.9. The van der Waals surface area contributed by atoms with E-state index in [1.807, 2.05) is 37.3 Å². The van der Waals surface area contributed by atoms with Crippen molar-refractivity contribution in [1.29, 1.82) is 0 Å². The highest BCUT2D eigenvalue weighted by atomic mass is 35.5. The third-order valence-corrected chi connectivity index (χ3v) is 4.35. The first-order valence-corrected chi connectivity index (χ1v) is 8.06. The number of hydrogen-bond acceptors (Lipinski definition) is 3. The average molecular weight is 347 g/mol. The van der Waals surface area contributed by atoms with Gasteiger partial charge in [0.1, 0.15) is 18.1 Å². The summed E-state index contributed by atoms with van der Waals surface area (Å²) < 4.78 is 10.9. The van der Waals surface area contributed by atoms with Gasteiger partial charge in [-0.1, -0.05) is 17.7 Å². The number of carbonyl (C=O) groups is 1. The van der Waals surface area contributed by atoms with E-state index in [1.165, 1.54) is 0 Å². The third-order valence-electron chi connectivity index (χ3n) is 3.94. The lowest BCUT2D eigenvalue weighted by Gasteiger charge is -2.26. The first-order chi connectivity index (χ1) is 11.5. The Balaban J connectivity index is 1.61. The van der Waals surface area contributed by atoms with E-state index in [1.54, 1.807) is 13.2 Å². The number of ether oxygens (including phenoxy) is 2. The molecule has 0 aromatic heterocycles. The van der Waals surface area contributed by atoms with Crippen LogP contribution in [0.1, 0.15) is 11.1 Å². The van der Waals surface area contributed by atoms with E-state index in [-0.39, 0.29) is 12.1 Å². The molecule has 2 amide bonds. The van der Waals surface area contributed by atoms with Crippen molar-refractivity contribution in [1.82, 2.24) is 5.32 Å². The van der Waals surface area contributed by atoms with Gasteiger partial charge in [0.05, 0.1) is 13.2 Å². The lowest BCUT2D eigenvalue weighted by Crippen LogP contribution is -2.44. The molecule has 0 saturated carbocycles. The Morgan fingerprint density at radius 3 is 2.88 bits per heavy atom. The Bertz CT molecular complexity index is 764. The molecule has 1 atom stereocenters. The fourth-order valence-corrected chi connectivity index (χ4v) is 2.79.